The lowest BCUT2D eigenvalue weighted by Gasteiger charge is -2.19. The summed E-state index contributed by atoms with van der Waals surface area (Å²) in [5.74, 6) is -0.619. The van der Waals surface area contributed by atoms with Crippen molar-refractivity contribution >= 4 is 5.78 Å². The lowest BCUT2D eigenvalue weighted by molar-refractivity contribution is 0.0778. The van der Waals surface area contributed by atoms with Crippen molar-refractivity contribution in [3.8, 4) is 0 Å². The number of aromatic nitrogens is 3. The summed E-state index contributed by atoms with van der Waals surface area (Å²) < 4.78 is 14.8. The van der Waals surface area contributed by atoms with E-state index in [4.69, 9.17) is 0 Å². The minimum absolute atomic E-state index is 0.00258. The van der Waals surface area contributed by atoms with E-state index in [0.29, 0.717) is 5.56 Å². The van der Waals surface area contributed by atoms with Crippen molar-refractivity contribution in [2.45, 2.75) is 32.5 Å². The van der Waals surface area contributed by atoms with Crippen LogP contribution in [0.1, 0.15) is 43.0 Å². The van der Waals surface area contributed by atoms with Crippen LogP contribution in [0.4, 0.5) is 4.39 Å². The molecule has 0 aliphatic carbocycles. The number of carbonyl (C=O) groups excluding carboxylic acids is 1. The Bertz CT molecular complexity index is 555. The van der Waals surface area contributed by atoms with Crippen molar-refractivity contribution in [2.24, 2.45) is 0 Å². The van der Waals surface area contributed by atoms with Gasteiger partial charge in [0, 0.05) is 5.56 Å². The van der Waals surface area contributed by atoms with Crippen molar-refractivity contribution in [1.29, 1.82) is 0 Å². The fourth-order valence-electron chi connectivity index (χ4n) is 1.73. The standard InChI is InChI=1S/C14H16FN3O/c1-14(2,3)11-6-4-10(5-7-11)12(19)13(15)18-9-16-8-17-18/h4-9,13H,1-3H3. The quantitative estimate of drug-likeness (QED) is 0.798. The maximum atomic E-state index is 13.9. The molecule has 0 amide bonds. The molecule has 1 aromatic heterocycles. The van der Waals surface area contributed by atoms with Crippen LogP contribution in [0.3, 0.4) is 0 Å². The largest absolute Gasteiger partial charge is 0.289 e. The topological polar surface area (TPSA) is 47.8 Å². The Morgan fingerprint density at radius 3 is 2.37 bits per heavy atom. The van der Waals surface area contributed by atoms with Crippen LogP contribution in [-0.4, -0.2) is 20.5 Å². The maximum Gasteiger partial charge on any atom is 0.255 e. The summed E-state index contributed by atoms with van der Waals surface area (Å²) >= 11 is 0. The van der Waals surface area contributed by atoms with Crippen molar-refractivity contribution in [3.63, 3.8) is 0 Å². The Kier molecular flexibility index (Phi) is 3.46. The van der Waals surface area contributed by atoms with Crippen molar-refractivity contribution in [1.82, 2.24) is 14.8 Å². The number of ketones is 1. The number of nitrogens with zero attached hydrogens (tertiary/aromatic N) is 3. The molecule has 0 aliphatic rings. The van der Waals surface area contributed by atoms with Gasteiger partial charge in [0.2, 0.25) is 5.78 Å². The molecule has 0 bridgehead atoms. The Morgan fingerprint density at radius 2 is 1.89 bits per heavy atom. The van der Waals surface area contributed by atoms with Gasteiger partial charge in [-0.15, -0.1) is 0 Å². The predicted octanol–water partition coefficient (Wildman–Crippen LogP) is 2.93. The highest BCUT2D eigenvalue weighted by molar-refractivity contribution is 5.98. The van der Waals surface area contributed by atoms with Gasteiger partial charge in [0.15, 0.2) is 0 Å². The average molecular weight is 261 g/mol. The van der Waals surface area contributed by atoms with E-state index >= 15 is 0 Å². The lowest BCUT2D eigenvalue weighted by atomic mass is 9.86. The van der Waals surface area contributed by atoms with E-state index in [1.54, 1.807) is 12.1 Å². The van der Waals surface area contributed by atoms with Gasteiger partial charge in [-0.25, -0.2) is 14.1 Å². The van der Waals surface area contributed by atoms with E-state index in [0.717, 1.165) is 10.2 Å². The smallest absolute Gasteiger partial charge is 0.255 e. The van der Waals surface area contributed by atoms with E-state index in [-0.39, 0.29) is 5.41 Å². The third-order valence-electron chi connectivity index (χ3n) is 2.92. The molecule has 5 heteroatoms. The summed E-state index contributed by atoms with van der Waals surface area (Å²) in [7, 11) is 0. The number of Topliss-reactive ketones (excluding diaryl/α,β-unsaturated/α-hetero) is 1. The summed E-state index contributed by atoms with van der Waals surface area (Å²) in [5, 5.41) is 3.63. The number of carbonyl (C=O) groups is 1. The van der Waals surface area contributed by atoms with Crippen LogP contribution in [0.5, 0.6) is 0 Å². The van der Waals surface area contributed by atoms with Crippen LogP contribution >= 0.6 is 0 Å². The van der Waals surface area contributed by atoms with Gasteiger partial charge in [-0.05, 0) is 11.0 Å². The number of halogens is 1. The lowest BCUT2D eigenvalue weighted by Crippen LogP contribution is -2.16. The van der Waals surface area contributed by atoms with Gasteiger partial charge in [0.05, 0.1) is 0 Å². The number of hydrogen-bond donors (Lipinski definition) is 0. The van der Waals surface area contributed by atoms with Gasteiger partial charge in [-0.2, -0.15) is 5.10 Å². The molecule has 1 unspecified atom stereocenters. The van der Waals surface area contributed by atoms with Gasteiger partial charge < -0.3 is 0 Å². The van der Waals surface area contributed by atoms with E-state index in [1.807, 2.05) is 12.1 Å². The Labute approximate surface area is 111 Å². The summed E-state index contributed by atoms with van der Waals surface area (Å²) in [6.07, 6.45) is 0.553. The van der Waals surface area contributed by atoms with Crippen LogP contribution in [-0.2, 0) is 5.41 Å². The molecule has 1 atom stereocenters. The zero-order valence-corrected chi connectivity index (χ0v) is 11.2. The minimum Gasteiger partial charge on any atom is -0.289 e. The molecule has 0 saturated heterocycles. The first-order valence-corrected chi connectivity index (χ1v) is 6.02. The van der Waals surface area contributed by atoms with E-state index in [1.165, 1.54) is 12.7 Å². The number of benzene rings is 1. The van der Waals surface area contributed by atoms with Gasteiger partial charge in [-0.1, -0.05) is 45.0 Å². The second-order valence-corrected chi connectivity index (χ2v) is 5.40. The van der Waals surface area contributed by atoms with E-state index < -0.39 is 12.1 Å². The summed E-state index contributed by atoms with van der Waals surface area (Å²) in [6.45, 7) is 6.24. The highest BCUT2D eigenvalue weighted by atomic mass is 19.1. The molecule has 0 fully saturated rings. The highest BCUT2D eigenvalue weighted by Gasteiger charge is 2.22. The molecule has 100 valence electrons. The van der Waals surface area contributed by atoms with Gasteiger partial charge in [0.25, 0.3) is 6.30 Å². The number of rotatable bonds is 3. The van der Waals surface area contributed by atoms with Crippen LogP contribution in [0, 0.1) is 0 Å². The normalized spacial score (nSPS) is 13.3. The summed E-state index contributed by atoms with van der Waals surface area (Å²) in [4.78, 5) is 15.6. The fourth-order valence-corrected chi connectivity index (χ4v) is 1.73. The van der Waals surface area contributed by atoms with Gasteiger partial charge in [0.1, 0.15) is 12.7 Å². The maximum absolute atomic E-state index is 13.9. The molecule has 0 spiro atoms. The molecular weight excluding hydrogens is 245 g/mol. The minimum atomic E-state index is -1.83. The molecule has 4 nitrogen and oxygen atoms in total. The van der Waals surface area contributed by atoms with E-state index in [2.05, 4.69) is 30.9 Å². The molecular formula is C14H16FN3O. The van der Waals surface area contributed by atoms with Crippen LogP contribution in [0.15, 0.2) is 36.9 Å². The summed E-state index contributed by atoms with van der Waals surface area (Å²) in [5.41, 5.74) is 1.43. The van der Waals surface area contributed by atoms with Crippen LogP contribution in [0.2, 0.25) is 0 Å². The van der Waals surface area contributed by atoms with Crippen LogP contribution < -0.4 is 0 Å². The molecule has 0 radical (unpaired) electrons. The molecule has 0 aliphatic heterocycles. The van der Waals surface area contributed by atoms with Crippen LogP contribution in [0.25, 0.3) is 0 Å². The number of alkyl halides is 1. The zero-order chi connectivity index (χ0) is 14.0. The molecule has 2 aromatic rings. The average Bonchev–Trinajstić information content (AvgIpc) is 2.90. The third-order valence-corrected chi connectivity index (χ3v) is 2.92. The molecule has 2 rings (SSSR count). The zero-order valence-electron chi connectivity index (χ0n) is 11.2. The Balaban J connectivity index is 2.21. The third kappa shape index (κ3) is 2.86. The van der Waals surface area contributed by atoms with Crippen molar-refractivity contribution < 1.29 is 9.18 Å². The number of hydrogen-bond acceptors (Lipinski definition) is 3. The Morgan fingerprint density at radius 1 is 1.26 bits per heavy atom. The second-order valence-electron chi connectivity index (χ2n) is 5.40. The first-order chi connectivity index (χ1) is 8.89. The highest BCUT2D eigenvalue weighted by Crippen LogP contribution is 2.23. The van der Waals surface area contributed by atoms with Gasteiger partial charge in [-0.3, -0.25) is 4.79 Å². The first kappa shape index (κ1) is 13.4. The molecule has 1 aromatic carbocycles. The van der Waals surface area contributed by atoms with E-state index in [9.17, 15) is 9.18 Å². The SMILES string of the molecule is CC(C)(C)c1ccc(C(=O)C(F)n2cncn2)cc1. The molecule has 0 saturated carbocycles. The van der Waals surface area contributed by atoms with Gasteiger partial charge >= 0.3 is 0 Å². The molecule has 0 N–H and O–H groups in total. The summed E-state index contributed by atoms with van der Waals surface area (Å²) in [6, 6.07) is 6.99. The predicted molar refractivity (Wildman–Crippen MR) is 69.6 cm³/mol. The second kappa shape index (κ2) is 4.91. The molecule has 1 heterocycles. The molecule has 19 heavy (non-hydrogen) atoms. The fraction of sp³-hybridized carbons (Fsp3) is 0.357. The Hall–Kier alpha value is -2.04. The monoisotopic (exact) mass is 261 g/mol. The first-order valence-electron chi connectivity index (χ1n) is 6.02. The van der Waals surface area contributed by atoms with Crippen molar-refractivity contribution in [3.05, 3.63) is 48.0 Å². The van der Waals surface area contributed by atoms with Crippen molar-refractivity contribution in [2.75, 3.05) is 0 Å².